The normalized spacial score (nSPS) is 24.5. The Kier molecular flexibility index (Phi) is 3.27. The summed E-state index contributed by atoms with van der Waals surface area (Å²) < 4.78 is 1.12. The van der Waals surface area contributed by atoms with Crippen LogP contribution in [0.25, 0.3) is 0 Å². The predicted octanol–water partition coefficient (Wildman–Crippen LogP) is 3.16. The van der Waals surface area contributed by atoms with Gasteiger partial charge in [-0.15, -0.1) is 0 Å². The third-order valence-electron chi connectivity index (χ3n) is 3.62. The van der Waals surface area contributed by atoms with Crippen molar-refractivity contribution in [3.63, 3.8) is 0 Å². The summed E-state index contributed by atoms with van der Waals surface area (Å²) in [6, 6.07) is 8.71. The number of halogens is 1. The van der Waals surface area contributed by atoms with E-state index in [1.807, 2.05) is 0 Å². The van der Waals surface area contributed by atoms with Crippen LogP contribution in [-0.4, -0.2) is 18.1 Å². The fourth-order valence-corrected chi connectivity index (χ4v) is 2.80. The van der Waals surface area contributed by atoms with Crippen LogP contribution in [0.15, 0.2) is 28.7 Å². The molecule has 1 aromatic carbocycles. The molecule has 1 atom stereocenters. The number of piperidine rings is 1. The van der Waals surface area contributed by atoms with Crippen LogP contribution >= 0.6 is 15.9 Å². The van der Waals surface area contributed by atoms with Crippen LogP contribution in [0, 0.1) is 0 Å². The second-order valence-corrected chi connectivity index (χ2v) is 5.95. The van der Waals surface area contributed by atoms with Crippen molar-refractivity contribution in [3.8, 4) is 0 Å². The highest BCUT2D eigenvalue weighted by molar-refractivity contribution is 9.10. The summed E-state index contributed by atoms with van der Waals surface area (Å²) in [7, 11) is 0. The van der Waals surface area contributed by atoms with Gasteiger partial charge in [0.05, 0.1) is 0 Å². The number of nitrogens with zero attached hydrogens (tertiary/aromatic N) is 1. The van der Waals surface area contributed by atoms with E-state index >= 15 is 0 Å². The average molecular weight is 283 g/mol. The SMILES string of the molecule is CC1(C)C(N)CCCN1c1cccc(Br)c1. The van der Waals surface area contributed by atoms with Gasteiger partial charge in [-0.3, -0.25) is 0 Å². The molecule has 2 rings (SSSR count). The van der Waals surface area contributed by atoms with E-state index < -0.39 is 0 Å². The average Bonchev–Trinajstić information content (AvgIpc) is 2.22. The zero-order valence-corrected chi connectivity index (χ0v) is 11.5. The molecule has 0 bridgehead atoms. The first kappa shape index (κ1) is 11.9. The number of nitrogens with two attached hydrogens (primary N) is 1. The van der Waals surface area contributed by atoms with Crippen molar-refractivity contribution >= 4 is 21.6 Å². The van der Waals surface area contributed by atoms with E-state index in [-0.39, 0.29) is 11.6 Å². The van der Waals surface area contributed by atoms with E-state index in [4.69, 9.17) is 5.73 Å². The van der Waals surface area contributed by atoms with Gasteiger partial charge in [-0.1, -0.05) is 22.0 Å². The lowest BCUT2D eigenvalue weighted by atomic mass is 9.85. The van der Waals surface area contributed by atoms with E-state index in [1.165, 1.54) is 12.1 Å². The van der Waals surface area contributed by atoms with E-state index in [0.717, 1.165) is 17.4 Å². The molecule has 1 unspecified atom stereocenters. The number of benzene rings is 1. The Morgan fingerprint density at radius 3 is 2.88 bits per heavy atom. The van der Waals surface area contributed by atoms with E-state index in [0.29, 0.717) is 0 Å². The highest BCUT2D eigenvalue weighted by atomic mass is 79.9. The zero-order chi connectivity index (χ0) is 11.8. The summed E-state index contributed by atoms with van der Waals surface area (Å²) in [5, 5.41) is 0. The van der Waals surface area contributed by atoms with Crippen LogP contribution in [0.4, 0.5) is 5.69 Å². The van der Waals surface area contributed by atoms with Crippen LogP contribution in [-0.2, 0) is 0 Å². The molecule has 1 fully saturated rings. The van der Waals surface area contributed by atoms with Gasteiger partial charge in [0, 0.05) is 28.3 Å². The quantitative estimate of drug-likeness (QED) is 0.858. The maximum Gasteiger partial charge on any atom is 0.0496 e. The third-order valence-corrected chi connectivity index (χ3v) is 4.11. The second-order valence-electron chi connectivity index (χ2n) is 5.03. The molecule has 3 heteroatoms. The number of hydrogen-bond acceptors (Lipinski definition) is 2. The molecule has 2 nitrogen and oxygen atoms in total. The number of rotatable bonds is 1. The van der Waals surface area contributed by atoms with Crippen LogP contribution in [0.3, 0.4) is 0 Å². The van der Waals surface area contributed by atoms with E-state index in [1.54, 1.807) is 0 Å². The van der Waals surface area contributed by atoms with Gasteiger partial charge in [-0.25, -0.2) is 0 Å². The van der Waals surface area contributed by atoms with Gasteiger partial charge in [0.2, 0.25) is 0 Å². The highest BCUT2D eigenvalue weighted by Gasteiger charge is 2.36. The Bertz CT molecular complexity index is 376. The maximum absolute atomic E-state index is 6.22. The minimum Gasteiger partial charge on any atom is -0.365 e. The minimum absolute atomic E-state index is 0.0407. The maximum atomic E-state index is 6.22. The molecule has 16 heavy (non-hydrogen) atoms. The molecule has 1 heterocycles. The van der Waals surface area contributed by atoms with Gasteiger partial charge >= 0.3 is 0 Å². The van der Waals surface area contributed by atoms with Crippen LogP contribution in [0.5, 0.6) is 0 Å². The molecule has 0 spiro atoms. The summed E-state index contributed by atoms with van der Waals surface area (Å²) in [6.07, 6.45) is 2.30. The van der Waals surface area contributed by atoms with E-state index in [9.17, 15) is 0 Å². The molecule has 0 aliphatic carbocycles. The molecule has 0 radical (unpaired) electrons. The first-order valence-electron chi connectivity index (χ1n) is 5.80. The van der Waals surface area contributed by atoms with Gasteiger partial charge < -0.3 is 10.6 Å². The summed E-state index contributed by atoms with van der Waals surface area (Å²) >= 11 is 3.52. The summed E-state index contributed by atoms with van der Waals surface area (Å²) in [4.78, 5) is 2.42. The van der Waals surface area contributed by atoms with Crippen molar-refractivity contribution in [3.05, 3.63) is 28.7 Å². The molecule has 0 saturated carbocycles. The molecule has 88 valence electrons. The Morgan fingerprint density at radius 2 is 2.19 bits per heavy atom. The van der Waals surface area contributed by atoms with Gasteiger partial charge in [0.1, 0.15) is 0 Å². The van der Waals surface area contributed by atoms with Gasteiger partial charge in [0.25, 0.3) is 0 Å². The molecular formula is C13H19BrN2. The smallest absolute Gasteiger partial charge is 0.0496 e. The fourth-order valence-electron chi connectivity index (χ4n) is 2.42. The molecule has 1 aromatic rings. The van der Waals surface area contributed by atoms with Crippen molar-refractivity contribution in [1.29, 1.82) is 0 Å². The van der Waals surface area contributed by atoms with Crippen molar-refractivity contribution in [2.24, 2.45) is 5.73 Å². The number of anilines is 1. The Balaban J connectivity index is 2.32. The first-order chi connectivity index (χ1) is 7.51. The Morgan fingerprint density at radius 1 is 1.44 bits per heavy atom. The van der Waals surface area contributed by atoms with E-state index in [2.05, 4.69) is 58.9 Å². The molecule has 0 amide bonds. The van der Waals surface area contributed by atoms with Crippen molar-refractivity contribution in [2.75, 3.05) is 11.4 Å². The predicted molar refractivity (Wildman–Crippen MR) is 72.8 cm³/mol. The Hall–Kier alpha value is -0.540. The largest absolute Gasteiger partial charge is 0.365 e. The van der Waals surface area contributed by atoms with Gasteiger partial charge in [-0.2, -0.15) is 0 Å². The van der Waals surface area contributed by atoms with Gasteiger partial charge in [-0.05, 0) is 44.9 Å². The fraction of sp³-hybridized carbons (Fsp3) is 0.538. The monoisotopic (exact) mass is 282 g/mol. The molecule has 0 aromatic heterocycles. The summed E-state index contributed by atoms with van der Waals surface area (Å²) in [6.45, 7) is 5.56. The number of hydrogen-bond donors (Lipinski definition) is 1. The van der Waals surface area contributed by atoms with Crippen molar-refractivity contribution < 1.29 is 0 Å². The lowest BCUT2D eigenvalue weighted by Crippen LogP contribution is -2.59. The zero-order valence-electron chi connectivity index (χ0n) is 9.91. The van der Waals surface area contributed by atoms with Crippen molar-refractivity contribution in [1.82, 2.24) is 0 Å². The highest BCUT2D eigenvalue weighted by Crippen LogP contribution is 2.32. The Labute approximate surface area is 106 Å². The van der Waals surface area contributed by atoms with Crippen LogP contribution in [0.2, 0.25) is 0 Å². The first-order valence-corrected chi connectivity index (χ1v) is 6.60. The molecular weight excluding hydrogens is 264 g/mol. The molecule has 1 saturated heterocycles. The summed E-state index contributed by atoms with van der Waals surface area (Å²) in [5.41, 5.74) is 7.52. The van der Waals surface area contributed by atoms with Crippen LogP contribution in [0.1, 0.15) is 26.7 Å². The molecule has 1 aliphatic rings. The lowest BCUT2D eigenvalue weighted by molar-refractivity contribution is 0.310. The summed E-state index contributed by atoms with van der Waals surface area (Å²) in [5.74, 6) is 0. The lowest BCUT2D eigenvalue weighted by Gasteiger charge is -2.48. The second kappa shape index (κ2) is 4.38. The standard InChI is InChI=1S/C13H19BrN2/c1-13(2)12(15)7-4-8-16(13)11-6-3-5-10(14)9-11/h3,5-6,9,12H,4,7-8,15H2,1-2H3. The minimum atomic E-state index is 0.0407. The molecule has 1 aliphatic heterocycles. The third kappa shape index (κ3) is 2.11. The topological polar surface area (TPSA) is 29.3 Å². The molecule has 2 N–H and O–H groups in total. The van der Waals surface area contributed by atoms with Crippen LogP contribution < -0.4 is 10.6 Å². The van der Waals surface area contributed by atoms with Crippen molar-refractivity contribution in [2.45, 2.75) is 38.3 Å². The van der Waals surface area contributed by atoms with Gasteiger partial charge in [0.15, 0.2) is 0 Å².